The molecule has 3 rings (SSSR count). The van der Waals surface area contributed by atoms with Crippen molar-refractivity contribution in [3.05, 3.63) is 47.7 Å². The lowest BCUT2D eigenvalue weighted by molar-refractivity contribution is 0.720. The van der Waals surface area contributed by atoms with Crippen molar-refractivity contribution < 1.29 is 0 Å². The zero-order valence-corrected chi connectivity index (χ0v) is 8.61. The average molecular weight is 198 g/mol. The Kier molecular flexibility index (Phi) is 1.89. The minimum absolute atomic E-state index is 0.698. The Morgan fingerprint density at radius 3 is 2.87 bits per heavy atom. The summed E-state index contributed by atoms with van der Waals surface area (Å²) in [6.45, 7) is 1.60. The predicted octanol–water partition coefficient (Wildman–Crippen LogP) is 2.02. The van der Waals surface area contributed by atoms with Crippen molar-refractivity contribution in [2.75, 3.05) is 6.54 Å². The lowest BCUT2D eigenvalue weighted by Crippen LogP contribution is -2.09. The number of hydrogen-bond acceptors (Lipinski definition) is 1. The Morgan fingerprint density at radius 1 is 1.13 bits per heavy atom. The van der Waals surface area contributed by atoms with Crippen molar-refractivity contribution in [1.29, 1.82) is 0 Å². The molecule has 0 atom stereocenters. The molecule has 1 aromatic heterocycles. The van der Waals surface area contributed by atoms with Crippen LogP contribution in [0.1, 0.15) is 11.1 Å². The van der Waals surface area contributed by atoms with Crippen LogP contribution in [0, 0.1) is 0 Å². The lowest BCUT2D eigenvalue weighted by atomic mass is 10.1. The fourth-order valence-corrected chi connectivity index (χ4v) is 2.42. The van der Waals surface area contributed by atoms with Gasteiger partial charge in [0.2, 0.25) is 0 Å². The first-order valence-electron chi connectivity index (χ1n) is 5.36. The normalized spacial score (nSPS) is 12.6. The number of fused-ring (bicyclic) bond motifs is 3. The van der Waals surface area contributed by atoms with Crippen LogP contribution in [0.5, 0.6) is 0 Å². The number of nitrogens with zero attached hydrogens (tertiary/aromatic N) is 1. The van der Waals surface area contributed by atoms with Gasteiger partial charge >= 0.3 is 0 Å². The number of hydrogen-bond donors (Lipinski definition) is 1. The van der Waals surface area contributed by atoms with E-state index in [2.05, 4.69) is 41.1 Å². The smallest absolute Gasteiger partial charge is 0.0519 e. The van der Waals surface area contributed by atoms with Gasteiger partial charge in [0.15, 0.2) is 0 Å². The summed E-state index contributed by atoms with van der Waals surface area (Å²) >= 11 is 0. The van der Waals surface area contributed by atoms with Crippen molar-refractivity contribution in [2.24, 2.45) is 5.73 Å². The van der Waals surface area contributed by atoms with Gasteiger partial charge < -0.3 is 10.3 Å². The van der Waals surface area contributed by atoms with Gasteiger partial charge in [-0.2, -0.15) is 0 Å². The Hall–Kier alpha value is -1.54. The highest BCUT2D eigenvalue weighted by atomic mass is 15.0. The van der Waals surface area contributed by atoms with E-state index >= 15 is 0 Å². The van der Waals surface area contributed by atoms with Crippen LogP contribution >= 0.6 is 0 Å². The van der Waals surface area contributed by atoms with Crippen molar-refractivity contribution in [3.8, 4) is 11.3 Å². The SMILES string of the molecule is NCCn1ccc2c1-c1ccccc1C2. The Bertz CT molecular complexity index is 497. The molecule has 0 saturated carbocycles. The fraction of sp³-hybridized carbons (Fsp3) is 0.231. The molecule has 0 fully saturated rings. The minimum atomic E-state index is 0.698. The Morgan fingerprint density at radius 2 is 2.00 bits per heavy atom. The van der Waals surface area contributed by atoms with Crippen LogP contribution in [-0.2, 0) is 13.0 Å². The van der Waals surface area contributed by atoms with E-state index in [1.165, 1.54) is 22.4 Å². The van der Waals surface area contributed by atoms with Crippen LogP contribution in [0.2, 0.25) is 0 Å². The topological polar surface area (TPSA) is 30.9 Å². The molecular weight excluding hydrogens is 184 g/mol. The molecule has 2 aromatic rings. The fourth-order valence-electron chi connectivity index (χ4n) is 2.42. The minimum Gasteiger partial charge on any atom is -0.346 e. The molecule has 0 saturated heterocycles. The highest BCUT2D eigenvalue weighted by molar-refractivity contribution is 5.74. The molecule has 0 aliphatic heterocycles. The van der Waals surface area contributed by atoms with Crippen LogP contribution in [0.4, 0.5) is 0 Å². The molecule has 0 radical (unpaired) electrons. The molecule has 1 heterocycles. The summed E-state index contributed by atoms with van der Waals surface area (Å²) in [6, 6.07) is 10.8. The van der Waals surface area contributed by atoms with Gasteiger partial charge in [0, 0.05) is 31.3 Å². The van der Waals surface area contributed by atoms with Gasteiger partial charge in [-0.1, -0.05) is 24.3 Å². The number of nitrogens with two attached hydrogens (primary N) is 1. The van der Waals surface area contributed by atoms with Crippen molar-refractivity contribution in [3.63, 3.8) is 0 Å². The maximum absolute atomic E-state index is 5.61. The maximum atomic E-state index is 5.61. The van der Waals surface area contributed by atoms with E-state index in [9.17, 15) is 0 Å². The summed E-state index contributed by atoms with van der Waals surface area (Å²) < 4.78 is 2.27. The highest BCUT2D eigenvalue weighted by Crippen LogP contribution is 2.36. The first-order chi connectivity index (χ1) is 7.40. The van der Waals surface area contributed by atoms with E-state index in [0.29, 0.717) is 6.54 Å². The van der Waals surface area contributed by atoms with Gasteiger partial charge in [0.25, 0.3) is 0 Å². The second-order valence-electron chi connectivity index (χ2n) is 4.01. The Balaban J connectivity index is 2.16. The van der Waals surface area contributed by atoms with Gasteiger partial charge in [-0.15, -0.1) is 0 Å². The molecule has 15 heavy (non-hydrogen) atoms. The van der Waals surface area contributed by atoms with Crippen molar-refractivity contribution >= 4 is 0 Å². The molecule has 2 nitrogen and oxygen atoms in total. The molecular formula is C13H14N2. The third-order valence-electron chi connectivity index (χ3n) is 3.07. The van der Waals surface area contributed by atoms with Gasteiger partial charge in [-0.3, -0.25) is 0 Å². The summed E-state index contributed by atoms with van der Waals surface area (Å²) in [7, 11) is 0. The van der Waals surface area contributed by atoms with E-state index in [4.69, 9.17) is 5.73 Å². The first-order valence-corrected chi connectivity index (χ1v) is 5.36. The summed E-state index contributed by atoms with van der Waals surface area (Å²) in [5, 5.41) is 0. The number of aromatic nitrogens is 1. The molecule has 1 aromatic carbocycles. The second-order valence-corrected chi connectivity index (χ2v) is 4.01. The molecule has 1 aliphatic rings. The maximum Gasteiger partial charge on any atom is 0.0519 e. The summed E-state index contributed by atoms with van der Waals surface area (Å²) in [5.41, 5.74) is 11.2. The number of benzene rings is 1. The predicted molar refractivity (Wildman–Crippen MR) is 61.7 cm³/mol. The zero-order chi connectivity index (χ0) is 10.3. The van der Waals surface area contributed by atoms with Gasteiger partial charge in [0.05, 0.1) is 5.69 Å². The summed E-state index contributed by atoms with van der Waals surface area (Å²) in [6.07, 6.45) is 3.22. The molecule has 0 unspecified atom stereocenters. The van der Waals surface area contributed by atoms with E-state index in [1.54, 1.807) is 0 Å². The molecule has 0 spiro atoms. The van der Waals surface area contributed by atoms with Crippen molar-refractivity contribution in [1.82, 2.24) is 4.57 Å². The summed E-state index contributed by atoms with van der Waals surface area (Å²) in [5.74, 6) is 0. The standard InChI is InChI=1S/C13H14N2/c14-6-8-15-7-5-11-9-10-3-1-2-4-12(10)13(11)15/h1-5,7H,6,8-9,14H2. The quantitative estimate of drug-likeness (QED) is 0.671. The Labute approximate surface area is 89.3 Å². The van der Waals surface area contributed by atoms with Crippen LogP contribution in [0.15, 0.2) is 36.5 Å². The largest absolute Gasteiger partial charge is 0.346 e. The van der Waals surface area contributed by atoms with Crippen LogP contribution < -0.4 is 5.73 Å². The first kappa shape index (κ1) is 8.74. The van der Waals surface area contributed by atoms with Gasteiger partial charge in [-0.25, -0.2) is 0 Å². The molecule has 2 N–H and O–H groups in total. The van der Waals surface area contributed by atoms with E-state index in [-0.39, 0.29) is 0 Å². The van der Waals surface area contributed by atoms with E-state index in [0.717, 1.165) is 13.0 Å². The highest BCUT2D eigenvalue weighted by Gasteiger charge is 2.20. The van der Waals surface area contributed by atoms with Crippen molar-refractivity contribution in [2.45, 2.75) is 13.0 Å². The van der Waals surface area contributed by atoms with E-state index in [1.807, 2.05) is 0 Å². The molecule has 0 amide bonds. The second kappa shape index (κ2) is 3.24. The third kappa shape index (κ3) is 1.22. The molecule has 2 heteroatoms. The molecule has 76 valence electrons. The lowest BCUT2D eigenvalue weighted by Gasteiger charge is -2.07. The molecule has 1 aliphatic carbocycles. The van der Waals surface area contributed by atoms with Crippen LogP contribution in [-0.4, -0.2) is 11.1 Å². The summed E-state index contributed by atoms with van der Waals surface area (Å²) in [4.78, 5) is 0. The monoisotopic (exact) mass is 198 g/mol. The number of rotatable bonds is 2. The average Bonchev–Trinajstić information content (AvgIpc) is 2.78. The third-order valence-corrected chi connectivity index (χ3v) is 3.07. The van der Waals surface area contributed by atoms with Crippen LogP contribution in [0.25, 0.3) is 11.3 Å². The van der Waals surface area contributed by atoms with E-state index < -0.39 is 0 Å². The zero-order valence-electron chi connectivity index (χ0n) is 8.61. The van der Waals surface area contributed by atoms with Gasteiger partial charge in [-0.05, 0) is 17.2 Å². The molecule has 0 bridgehead atoms. The van der Waals surface area contributed by atoms with Gasteiger partial charge in [0.1, 0.15) is 0 Å². The van der Waals surface area contributed by atoms with Crippen LogP contribution in [0.3, 0.4) is 0 Å².